The minimum atomic E-state index is -0.137. The van der Waals surface area contributed by atoms with Gasteiger partial charge in [-0.1, -0.05) is 36.4 Å². The van der Waals surface area contributed by atoms with E-state index in [1.807, 2.05) is 18.2 Å². The van der Waals surface area contributed by atoms with E-state index in [0.717, 1.165) is 30.8 Å². The van der Waals surface area contributed by atoms with E-state index in [1.54, 1.807) is 24.1 Å². The van der Waals surface area contributed by atoms with E-state index in [2.05, 4.69) is 45.6 Å². The van der Waals surface area contributed by atoms with E-state index in [1.165, 1.54) is 11.3 Å². The van der Waals surface area contributed by atoms with Gasteiger partial charge in [0.2, 0.25) is 0 Å². The van der Waals surface area contributed by atoms with Crippen molar-refractivity contribution >= 4 is 17.3 Å². The van der Waals surface area contributed by atoms with Crippen LogP contribution in [-0.4, -0.2) is 22.2 Å². The van der Waals surface area contributed by atoms with Crippen LogP contribution in [0.5, 0.6) is 0 Å². The van der Waals surface area contributed by atoms with Crippen molar-refractivity contribution in [1.82, 2.24) is 9.78 Å². The molecule has 1 amide bonds. The van der Waals surface area contributed by atoms with Crippen LogP contribution in [0.25, 0.3) is 0 Å². The molecule has 0 saturated carbocycles. The first-order chi connectivity index (χ1) is 12.2. The summed E-state index contributed by atoms with van der Waals surface area (Å²) < 4.78 is 1.63. The SMILES string of the molecule is Cn1cc(C(=O)Nc2ccccc2CN2CCc3ccccc32)cn1. The predicted molar refractivity (Wildman–Crippen MR) is 98.8 cm³/mol. The number of fused-ring (bicyclic) bond motifs is 1. The third kappa shape index (κ3) is 3.13. The van der Waals surface area contributed by atoms with Gasteiger partial charge in [-0.15, -0.1) is 0 Å². The first-order valence-electron chi connectivity index (χ1n) is 8.41. The topological polar surface area (TPSA) is 50.2 Å². The maximum absolute atomic E-state index is 12.4. The molecule has 1 aromatic heterocycles. The van der Waals surface area contributed by atoms with Crippen LogP contribution in [0.3, 0.4) is 0 Å². The molecule has 1 aliphatic rings. The second-order valence-corrected chi connectivity index (χ2v) is 6.31. The molecule has 0 fully saturated rings. The van der Waals surface area contributed by atoms with Crippen molar-refractivity contribution in [3.8, 4) is 0 Å². The first kappa shape index (κ1) is 15.4. The summed E-state index contributed by atoms with van der Waals surface area (Å²) in [5.74, 6) is -0.137. The lowest BCUT2D eigenvalue weighted by Gasteiger charge is -2.21. The summed E-state index contributed by atoms with van der Waals surface area (Å²) in [6.07, 6.45) is 4.36. The molecule has 0 spiro atoms. The molecule has 1 N–H and O–H groups in total. The molecular weight excluding hydrogens is 312 g/mol. The van der Waals surface area contributed by atoms with Gasteiger partial charge >= 0.3 is 0 Å². The van der Waals surface area contributed by atoms with Gasteiger partial charge in [0, 0.05) is 37.7 Å². The minimum absolute atomic E-state index is 0.137. The molecule has 126 valence electrons. The fourth-order valence-electron chi connectivity index (χ4n) is 3.29. The lowest BCUT2D eigenvalue weighted by atomic mass is 10.1. The average Bonchev–Trinajstić information content (AvgIpc) is 3.23. The molecule has 0 saturated heterocycles. The number of anilines is 2. The molecule has 0 atom stereocenters. The van der Waals surface area contributed by atoms with E-state index >= 15 is 0 Å². The van der Waals surface area contributed by atoms with Gasteiger partial charge in [-0.25, -0.2) is 0 Å². The van der Waals surface area contributed by atoms with Gasteiger partial charge in [-0.3, -0.25) is 9.48 Å². The van der Waals surface area contributed by atoms with E-state index < -0.39 is 0 Å². The molecule has 5 heteroatoms. The molecule has 2 aromatic carbocycles. The Labute approximate surface area is 146 Å². The third-order valence-electron chi connectivity index (χ3n) is 4.58. The molecule has 4 rings (SSSR count). The number of nitrogens with one attached hydrogen (secondary N) is 1. The van der Waals surface area contributed by atoms with Crippen molar-refractivity contribution in [2.45, 2.75) is 13.0 Å². The molecule has 0 unspecified atom stereocenters. The predicted octanol–water partition coefficient (Wildman–Crippen LogP) is 3.24. The van der Waals surface area contributed by atoms with Gasteiger partial charge in [0.05, 0.1) is 11.8 Å². The Morgan fingerprint density at radius 1 is 1.16 bits per heavy atom. The zero-order valence-corrected chi connectivity index (χ0v) is 14.1. The van der Waals surface area contributed by atoms with Gasteiger partial charge < -0.3 is 10.2 Å². The average molecular weight is 332 g/mol. The van der Waals surface area contributed by atoms with Crippen LogP contribution in [-0.2, 0) is 20.0 Å². The van der Waals surface area contributed by atoms with Crippen molar-refractivity contribution in [3.05, 3.63) is 77.6 Å². The zero-order valence-electron chi connectivity index (χ0n) is 14.1. The van der Waals surface area contributed by atoms with Gasteiger partial charge in [-0.2, -0.15) is 5.10 Å². The van der Waals surface area contributed by atoms with Crippen LogP contribution >= 0.6 is 0 Å². The van der Waals surface area contributed by atoms with Crippen LogP contribution in [0, 0.1) is 0 Å². The molecule has 1 aliphatic heterocycles. The van der Waals surface area contributed by atoms with Gasteiger partial charge in [0.15, 0.2) is 0 Å². The molecule has 0 radical (unpaired) electrons. The van der Waals surface area contributed by atoms with E-state index in [0.29, 0.717) is 5.56 Å². The lowest BCUT2D eigenvalue weighted by Crippen LogP contribution is -2.21. The summed E-state index contributed by atoms with van der Waals surface area (Å²) in [6, 6.07) is 16.5. The van der Waals surface area contributed by atoms with Crippen molar-refractivity contribution in [2.24, 2.45) is 7.05 Å². The molecule has 0 bridgehead atoms. The standard InChI is InChI=1S/C20H20N4O/c1-23-13-17(12-21-23)20(25)22-18-8-4-2-7-16(18)14-24-11-10-15-6-3-5-9-19(15)24/h2-9,12-13H,10-11,14H2,1H3,(H,22,25). The molecule has 5 nitrogen and oxygen atoms in total. The fraction of sp³-hybridized carbons (Fsp3) is 0.200. The smallest absolute Gasteiger partial charge is 0.258 e. The van der Waals surface area contributed by atoms with Crippen LogP contribution < -0.4 is 10.2 Å². The fourth-order valence-corrected chi connectivity index (χ4v) is 3.29. The van der Waals surface area contributed by atoms with E-state index in [-0.39, 0.29) is 5.91 Å². The number of para-hydroxylation sites is 2. The maximum atomic E-state index is 12.4. The second kappa shape index (κ2) is 6.43. The minimum Gasteiger partial charge on any atom is -0.367 e. The van der Waals surface area contributed by atoms with Crippen molar-refractivity contribution in [3.63, 3.8) is 0 Å². The number of amides is 1. The summed E-state index contributed by atoms with van der Waals surface area (Å²) in [4.78, 5) is 14.8. The monoisotopic (exact) mass is 332 g/mol. The van der Waals surface area contributed by atoms with Gasteiger partial charge in [-0.05, 0) is 29.7 Å². The number of nitrogens with zero attached hydrogens (tertiary/aromatic N) is 3. The third-order valence-corrected chi connectivity index (χ3v) is 4.58. The highest BCUT2D eigenvalue weighted by molar-refractivity contribution is 6.04. The van der Waals surface area contributed by atoms with Crippen molar-refractivity contribution in [2.75, 3.05) is 16.8 Å². The Morgan fingerprint density at radius 2 is 1.96 bits per heavy atom. The lowest BCUT2D eigenvalue weighted by molar-refractivity contribution is 0.102. The number of benzene rings is 2. The Morgan fingerprint density at radius 3 is 2.80 bits per heavy atom. The number of carbonyl (C=O) groups is 1. The summed E-state index contributed by atoms with van der Waals surface area (Å²) >= 11 is 0. The highest BCUT2D eigenvalue weighted by Gasteiger charge is 2.19. The number of hydrogen-bond donors (Lipinski definition) is 1. The van der Waals surface area contributed by atoms with Crippen molar-refractivity contribution < 1.29 is 4.79 Å². The quantitative estimate of drug-likeness (QED) is 0.798. The van der Waals surface area contributed by atoms with Crippen LogP contribution in [0.2, 0.25) is 0 Å². The molecule has 25 heavy (non-hydrogen) atoms. The highest BCUT2D eigenvalue weighted by Crippen LogP contribution is 2.30. The largest absolute Gasteiger partial charge is 0.367 e. The Bertz CT molecular complexity index is 915. The Hall–Kier alpha value is -3.08. The van der Waals surface area contributed by atoms with Crippen LogP contribution in [0.4, 0.5) is 11.4 Å². The van der Waals surface area contributed by atoms with Crippen LogP contribution in [0.1, 0.15) is 21.5 Å². The Balaban J connectivity index is 1.55. The molecule has 0 aliphatic carbocycles. The van der Waals surface area contributed by atoms with E-state index in [4.69, 9.17) is 0 Å². The molecule has 3 aromatic rings. The molecular formula is C20H20N4O. The normalized spacial score (nSPS) is 12.9. The van der Waals surface area contributed by atoms with Crippen molar-refractivity contribution in [1.29, 1.82) is 0 Å². The molecule has 2 heterocycles. The summed E-state index contributed by atoms with van der Waals surface area (Å²) in [5, 5.41) is 7.08. The second-order valence-electron chi connectivity index (χ2n) is 6.31. The maximum Gasteiger partial charge on any atom is 0.258 e. The van der Waals surface area contributed by atoms with Crippen LogP contribution in [0.15, 0.2) is 60.9 Å². The number of carbonyl (C=O) groups excluding carboxylic acids is 1. The number of hydrogen-bond acceptors (Lipinski definition) is 3. The highest BCUT2D eigenvalue weighted by atomic mass is 16.1. The summed E-state index contributed by atoms with van der Waals surface area (Å²) in [7, 11) is 1.80. The number of rotatable bonds is 4. The Kier molecular flexibility index (Phi) is 3.98. The number of aryl methyl sites for hydroxylation is 1. The summed E-state index contributed by atoms with van der Waals surface area (Å²) in [6.45, 7) is 1.78. The van der Waals surface area contributed by atoms with E-state index in [9.17, 15) is 4.79 Å². The zero-order chi connectivity index (χ0) is 17.2. The van der Waals surface area contributed by atoms with Gasteiger partial charge in [0.25, 0.3) is 5.91 Å². The van der Waals surface area contributed by atoms with Gasteiger partial charge in [0.1, 0.15) is 0 Å². The number of aromatic nitrogens is 2. The first-order valence-corrected chi connectivity index (χ1v) is 8.41. The summed E-state index contributed by atoms with van der Waals surface area (Å²) in [5.41, 5.74) is 5.19.